The number of nitrogens with one attached hydrogen (secondary N) is 1. The lowest BCUT2D eigenvalue weighted by molar-refractivity contribution is -0.141. The summed E-state index contributed by atoms with van der Waals surface area (Å²) in [5.41, 5.74) is -0.704. The predicted molar refractivity (Wildman–Crippen MR) is 73.1 cm³/mol. The van der Waals surface area contributed by atoms with Gasteiger partial charge >= 0.3 is 6.18 Å². The van der Waals surface area contributed by atoms with Crippen molar-refractivity contribution in [1.82, 2.24) is 15.3 Å². The van der Waals surface area contributed by atoms with Gasteiger partial charge in [0, 0.05) is 13.1 Å². The number of aryl methyl sites for hydroxylation is 1. The Balaban J connectivity index is 1.82. The largest absolute Gasteiger partial charge is 0.435 e. The van der Waals surface area contributed by atoms with Crippen LogP contribution in [-0.2, 0) is 6.18 Å². The molecular formula is C14H19F3N4. The van der Waals surface area contributed by atoms with E-state index < -0.39 is 11.9 Å². The molecule has 0 radical (unpaired) electrons. The van der Waals surface area contributed by atoms with E-state index in [0.29, 0.717) is 5.82 Å². The number of piperidine rings is 1. The fourth-order valence-corrected chi connectivity index (χ4v) is 3.36. The Kier molecular flexibility index (Phi) is 3.55. The highest BCUT2D eigenvalue weighted by atomic mass is 19.4. The molecule has 2 fully saturated rings. The van der Waals surface area contributed by atoms with Gasteiger partial charge in [-0.2, -0.15) is 13.2 Å². The van der Waals surface area contributed by atoms with Crippen LogP contribution in [0.1, 0.15) is 30.7 Å². The van der Waals surface area contributed by atoms with E-state index >= 15 is 0 Å². The van der Waals surface area contributed by atoms with Gasteiger partial charge in [0.25, 0.3) is 0 Å². The number of aromatic nitrogens is 2. The van der Waals surface area contributed by atoms with Gasteiger partial charge in [-0.1, -0.05) is 0 Å². The number of nitrogens with zero attached hydrogens (tertiary/aromatic N) is 3. The molecule has 0 bridgehead atoms. The van der Waals surface area contributed by atoms with Gasteiger partial charge < -0.3 is 10.2 Å². The van der Waals surface area contributed by atoms with E-state index in [0.717, 1.165) is 45.4 Å². The molecule has 2 aliphatic heterocycles. The van der Waals surface area contributed by atoms with Crippen molar-refractivity contribution < 1.29 is 13.2 Å². The van der Waals surface area contributed by atoms with Crippen molar-refractivity contribution in [3.05, 3.63) is 17.6 Å². The van der Waals surface area contributed by atoms with Gasteiger partial charge in [-0.25, -0.2) is 4.98 Å². The molecule has 3 rings (SSSR count). The fraction of sp³-hybridized carbons (Fsp3) is 0.714. The highest BCUT2D eigenvalue weighted by molar-refractivity contribution is 5.40. The van der Waals surface area contributed by atoms with Crippen LogP contribution in [0.4, 0.5) is 19.0 Å². The third kappa shape index (κ3) is 2.84. The summed E-state index contributed by atoms with van der Waals surface area (Å²) in [7, 11) is 0. The Morgan fingerprint density at radius 3 is 2.62 bits per heavy atom. The molecule has 2 saturated heterocycles. The van der Waals surface area contributed by atoms with Crippen molar-refractivity contribution in [3.8, 4) is 0 Å². The minimum atomic E-state index is -4.45. The molecule has 116 valence electrons. The molecule has 1 aromatic heterocycles. The zero-order valence-corrected chi connectivity index (χ0v) is 12.0. The van der Waals surface area contributed by atoms with Crippen molar-refractivity contribution in [3.63, 3.8) is 0 Å². The number of hydrogen-bond acceptors (Lipinski definition) is 4. The molecule has 21 heavy (non-hydrogen) atoms. The topological polar surface area (TPSA) is 41.1 Å². The average Bonchev–Trinajstić information content (AvgIpc) is 2.82. The molecule has 7 heteroatoms. The van der Waals surface area contributed by atoms with Crippen LogP contribution in [0.15, 0.2) is 6.20 Å². The smallest absolute Gasteiger partial charge is 0.355 e. The van der Waals surface area contributed by atoms with Crippen LogP contribution in [0.25, 0.3) is 0 Å². The zero-order valence-electron chi connectivity index (χ0n) is 12.0. The molecule has 1 spiro atoms. The number of halogens is 3. The Morgan fingerprint density at radius 1 is 1.24 bits per heavy atom. The molecule has 0 amide bonds. The SMILES string of the molecule is Cc1ncc(N2CCC3(CCNCC3)C2)nc1C(F)(F)F. The van der Waals surface area contributed by atoms with Crippen LogP contribution < -0.4 is 10.2 Å². The predicted octanol–water partition coefficient (Wildman–Crippen LogP) is 2.38. The monoisotopic (exact) mass is 300 g/mol. The van der Waals surface area contributed by atoms with Crippen molar-refractivity contribution in [2.45, 2.75) is 32.4 Å². The second kappa shape index (κ2) is 5.12. The number of alkyl halides is 3. The maximum atomic E-state index is 12.9. The van der Waals surface area contributed by atoms with E-state index in [-0.39, 0.29) is 11.1 Å². The summed E-state index contributed by atoms with van der Waals surface area (Å²) in [4.78, 5) is 9.66. The lowest BCUT2D eigenvalue weighted by atomic mass is 9.78. The number of anilines is 1. The van der Waals surface area contributed by atoms with Gasteiger partial charge in [0.15, 0.2) is 5.69 Å². The average molecular weight is 300 g/mol. The van der Waals surface area contributed by atoms with Crippen LogP contribution >= 0.6 is 0 Å². The Bertz CT molecular complexity index is 523. The molecule has 0 saturated carbocycles. The first-order valence-electron chi connectivity index (χ1n) is 7.26. The minimum Gasteiger partial charge on any atom is -0.355 e. The second-order valence-electron chi connectivity index (χ2n) is 6.08. The highest BCUT2D eigenvalue weighted by Gasteiger charge is 2.40. The highest BCUT2D eigenvalue weighted by Crippen LogP contribution is 2.40. The Labute approximate surface area is 121 Å². The van der Waals surface area contributed by atoms with Crippen molar-refractivity contribution >= 4 is 5.82 Å². The van der Waals surface area contributed by atoms with Crippen LogP contribution in [-0.4, -0.2) is 36.1 Å². The summed E-state index contributed by atoms with van der Waals surface area (Å²) in [5.74, 6) is 0.350. The van der Waals surface area contributed by atoms with Crippen LogP contribution in [0.5, 0.6) is 0 Å². The van der Waals surface area contributed by atoms with Crippen molar-refractivity contribution in [1.29, 1.82) is 0 Å². The molecule has 0 aliphatic carbocycles. The molecule has 0 aromatic carbocycles. The molecule has 4 nitrogen and oxygen atoms in total. The molecule has 0 atom stereocenters. The van der Waals surface area contributed by atoms with E-state index in [1.165, 1.54) is 13.1 Å². The summed E-state index contributed by atoms with van der Waals surface area (Å²) in [6, 6.07) is 0. The zero-order chi connectivity index (χ0) is 15.1. The number of hydrogen-bond donors (Lipinski definition) is 1. The first-order valence-corrected chi connectivity index (χ1v) is 7.26. The van der Waals surface area contributed by atoms with Crippen molar-refractivity contribution in [2.24, 2.45) is 5.41 Å². The Hall–Kier alpha value is -1.37. The summed E-state index contributed by atoms with van der Waals surface area (Å²) in [6.45, 7) is 4.86. The molecule has 1 N–H and O–H groups in total. The van der Waals surface area contributed by atoms with E-state index in [9.17, 15) is 13.2 Å². The quantitative estimate of drug-likeness (QED) is 0.864. The van der Waals surface area contributed by atoms with Gasteiger partial charge in [0.05, 0.1) is 11.9 Å². The molecule has 3 heterocycles. The van der Waals surface area contributed by atoms with Gasteiger partial charge in [-0.3, -0.25) is 4.98 Å². The van der Waals surface area contributed by atoms with Crippen LogP contribution in [0, 0.1) is 12.3 Å². The van der Waals surface area contributed by atoms with Crippen molar-refractivity contribution in [2.75, 3.05) is 31.1 Å². The van der Waals surface area contributed by atoms with Gasteiger partial charge in [-0.05, 0) is 44.7 Å². The number of rotatable bonds is 1. The summed E-state index contributed by atoms with van der Waals surface area (Å²) in [5, 5.41) is 3.33. The van der Waals surface area contributed by atoms with Gasteiger partial charge in [0.1, 0.15) is 5.82 Å². The maximum Gasteiger partial charge on any atom is 0.435 e. The normalized spacial score (nSPS) is 22.0. The fourth-order valence-electron chi connectivity index (χ4n) is 3.36. The van der Waals surface area contributed by atoms with E-state index in [1.807, 2.05) is 4.90 Å². The van der Waals surface area contributed by atoms with E-state index in [1.54, 1.807) is 0 Å². The lowest BCUT2D eigenvalue weighted by Gasteiger charge is -2.33. The summed E-state index contributed by atoms with van der Waals surface area (Å²) >= 11 is 0. The molecule has 2 aliphatic rings. The molecule has 1 aromatic rings. The lowest BCUT2D eigenvalue weighted by Crippen LogP contribution is -2.38. The van der Waals surface area contributed by atoms with Gasteiger partial charge in [-0.15, -0.1) is 0 Å². The Morgan fingerprint density at radius 2 is 1.95 bits per heavy atom. The maximum absolute atomic E-state index is 12.9. The molecular weight excluding hydrogens is 281 g/mol. The van der Waals surface area contributed by atoms with Gasteiger partial charge in [0.2, 0.25) is 0 Å². The van der Waals surface area contributed by atoms with E-state index in [2.05, 4.69) is 15.3 Å². The first-order chi connectivity index (χ1) is 9.90. The minimum absolute atomic E-state index is 0.0676. The van der Waals surface area contributed by atoms with E-state index in [4.69, 9.17) is 0 Å². The third-order valence-corrected chi connectivity index (χ3v) is 4.64. The third-order valence-electron chi connectivity index (χ3n) is 4.64. The second-order valence-corrected chi connectivity index (χ2v) is 6.08. The summed E-state index contributed by atoms with van der Waals surface area (Å²) in [6.07, 6.45) is 0.194. The summed E-state index contributed by atoms with van der Waals surface area (Å²) < 4.78 is 38.8. The first kappa shape index (κ1) is 14.6. The standard InChI is InChI=1S/C14H19F3N4/c1-10-12(14(15,16)17)20-11(8-19-10)21-7-4-13(9-21)2-5-18-6-3-13/h8,18H,2-7,9H2,1H3. The van der Waals surface area contributed by atoms with Crippen LogP contribution in [0.3, 0.4) is 0 Å². The van der Waals surface area contributed by atoms with Crippen LogP contribution in [0.2, 0.25) is 0 Å². The molecule has 0 unspecified atom stereocenters.